The Bertz CT molecular complexity index is 1230. The zero-order valence-corrected chi connectivity index (χ0v) is 17.6. The van der Waals surface area contributed by atoms with Crippen LogP contribution in [0.4, 0.5) is 0 Å². The van der Waals surface area contributed by atoms with Gasteiger partial charge in [0, 0.05) is 4.88 Å². The average molecular weight is 419 g/mol. The Morgan fingerprint density at radius 3 is 2.87 bits per heavy atom. The van der Waals surface area contributed by atoms with Crippen molar-refractivity contribution < 1.29 is 14.4 Å². The fraction of sp³-hybridized carbons (Fsp3) is 0.333. The van der Waals surface area contributed by atoms with Crippen LogP contribution in [0.5, 0.6) is 11.6 Å². The standard InChI is InChI=1S/C24H23N3O2S/c1-2-5-17-16(4-1)8-9-20(19(17)14-27-10-12-28-13-11-27)29-23-22-18-6-3-7-21(18)30-24(22)26-15-25-23/h1-2,4-5,8-9,15H,3,6-7,10-14H2/p+1. The molecule has 0 saturated carbocycles. The number of benzene rings is 2. The molecule has 1 aliphatic heterocycles. The summed E-state index contributed by atoms with van der Waals surface area (Å²) in [5, 5.41) is 3.62. The molecule has 0 amide bonds. The van der Waals surface area contributed by atoms with Crippen molar-refractivity contribution in [2.75, 3.05) is 26.3 Å². The Labute approximate surface area is 179 Å². The van der Waals surface area contributed by atoms with Gasteiger partial charge >= 0.3 is 0 Å². The topological polar surface area (TPSA) is 48.7 Å². The van der Waals surface area contributed by atoms with Crippen molar-refractivity contribution in [2.45, 2.75) is 25.8 Å². The summed E-state index contributed by atoms with van der Waals surface area (Å²) in [5.74, 6) is 1.61. The monoisotopic (exact) mass is 418 g/mol. The third kappa shape index (κ3) is 3.16. The van der Waals surface area contributed by atoms with Crippen molar-refractivity contribution in [3.05, 3.63) is 58.7 Å². The van der Waals surface area contributed by atoms with Crippen LogP contribution in [0.25, 0.3) is 21.0 Å². The van der Waals surface area contributed by atoms with Crippen molar-refractivity contribution in [3.8, 4) is 11.6 Å². The van der Waals surface area contributed by atoms with E-state index in [9.17, 15) is 0 Å². The molecule has 1 aliphatic carbocycles. The number of rotatable bonds is 4. The molecule has 1 fully saturated rings. The number of nitrogens with zero attached hydrogens (tertiary/aromatic N) is 2. The van der Waals surface area contributed by atoms with Gasteiger partial charge in [0.15, 0.2) is 0 Å². The molecule has 5 nitrogen and oxygen atoms in total. The smallest absolute Gasteiger partial charge is 0.231 e. The van der Waals surface area contributed by atoms with E-state index in [4.69, 9.17) is 9.47 Å². The minimum Gasteiger partial charge on any atom is -0.438 e. The molecule has 6 heteroatoms. The molecule has 0 radical (unpaired) electrons. The SMILES string of the molecule is c1ccc2c(C[NH+]3CCOCC3)c(Oc3ncnc4sc5c(c34)CCC5)ccc2c1. The van der Waals surface area contributed by atoms with E-state index in [1.165, 1.54) is 38.1 Å². The molecule has 6 rings (SSSR count). The molecular formula is C24H24N3O2S+. The van der Waals surface area contributed by atoms with Gasteiger partial charge in [0.1, 0.15) is 36.5 Å². The predicted octanol–water partition coefficient (Wildman–Crippen LogP) is 3.54. The van der Waals surface area contributed by atoms with Crippen molar-refractivity contribution in [3.63, 3.8) is 0 Å². The number of aromatic nitrogens is 2. The fourth-order valence-corrected chi connectivity index (χ4v) is 5.98. The van der Waals surface area contributed by atoms with Gasteiger partial charge < -0.3 is 14.4 Å². The molecule has 1 saturated heterocycles. The number of thiophene rings is 1. The van der Waals surface area contributed by atoms with Gasteiger partial charge in [0.25, 0.3) is 0 Å². The molecule has 2 aliphatic rings. The summed E-state index contributed by atoms with van der Waals surface area (Å²) in [4.78, 5) is 13.1. The number of fused-ring (bicyclic) bond motifs is 4. The normalized spacial score (nSPS) is 16.9. The quantitative estimate of drug-likeness (QED) is 0.551. The summed E-state index contributed by atoms with van der Waals surface area (Å²) in [6, 6.07) is 12.8. The minimum atomic E-state index is 0.702. The highest BCUT2D eigenvalue weighted by atomic mass is 32.1. The van der Waals surface area contributed by atoms with Crippen molar-refractivity contribution in [1.82, 2.24) is 9.97 Å². The maximum absolute atomic E-state index is 6.57. The first-order valence-electron chi connectivity index (χ1n) is 10.7. The molecule has 0 unspecified atom stereocenters. The lowest BCUT2D eigenvalue weighted by molar-refractivity contribution is -0.921. The zero-order chi connectivity index (χ0) is 19.9. The number of morpholine rings is 1. The highest BCUT2D eigenvalue weighted by Gasteiger charge is 2.24. The van der Waals surface area contributed by atoms with Crippen LogP contribution in [-0.2, 0) is 24.1 Å². The second-order valence-corrected chi connectivity index (χ2v) is 9.20. The van der Waals surface area contributed by atoms with E-state index in [0.29, 0.717) is 5.88 Å². The van der Waals surface area contributed by atoms with Gasteiger partial charge in [-0.1, -0.05) is 30.3 Å². The van der Waals surface area contributed by atoms with Gasteiger partial charge in [0.2, 0.25) is 5.88 Å². The third-order valence-electron chi connectivity index (χ3n) is 6.30. The van der Waals surface area contributed by atoms with E-state index >= 15 is 0 Å². The lowest BCUT2D eigenvalue weighted by Crippen LogP contribution is -3.12. The van der Waals surface area contributed by atoms with Crippen LogP contribution < -0.4 is 9.64 Å². The molecule has 30 heavy (non-hydrogen) atoms. The zero-order valence-electron chi connectivity index (χ0n) is 16.8. The van der Waals surface area contributed by atoms with Crippen molar-refractivity contribution >= 4 is 32.3 Å². The van der Waals surface area contributed by atoms with Crippen LogP contribution in [0.15, 0.2) is 42.7 Å². The van der Waals surface area contributed by atoms with Gasteiger partial charge in [-0.3, -0.25) is 0 Å². The Morgan fingerprint density at radius 1 is 1.03 bits per heavy atom. The van der Waals surface area contributed by atoms with E-state index < -0.39 is 0 Å². The largest absolute Gasteiger partial charge is 0.438 e. The Balaban J connectivity index is 1.45. The Morgan fingerprint density at radius 2 is 1.93 bits per heavy atom. The van der Waals surface area contributed by atoms with E-state index in [2.05, 4.69) is 46.4 Å². The summed E-state index contributed by atoms with van der Waals surface area (Å²) in [5.41, 5.74) is 2.65. The molecule has 1 N–H and O–H groups in total. The summed E-state index contributed by atoms with van der Waals surface area (Å²) in [7, 11) is 0. The van der Waals surface area contributed by atoms with E-state index in [1.807, 2.05) is 0 Å². The van der Waals surface area contributed by atoms with Gasteiger partial charge in [-0.25, -0.2) is 9.97 Å². The van der Waals surface area contributed by atoms with Gasteiger partial charge in [-0.05, 0) is 41.7 Å². The molecule has 2 aromatic carbocycles. The maximum Gasteiger partial charge on any atom is 0.231 e. The van der Waals surface area contributed by atoms with Crippen LogP contribution in [0, 0.1) is 0 Å². The first-order chi connectivity index (χ1) is 14.9. The van der Waals surface area contributed by atoms with Gasteiger partial charge in [-0.15, -0.1) is 11.3 Å². The second-order valence-electron chi connectivity index (χ2n) is 8.12. The van der Waals surface area contributed by atoms with Crippen molar-refractivity contribution in [1.29, 1.82) is 0 Å². The van der Waals surface area contributed by atoms with Crippen LogP contribution >= 0.6 is 11.3 Å². The summed E-state index contributed by atoms with van der Waals surface area (Å²) >= 11 is 1.80. The third-order valence-corrected chi connectivity index (χ3v) is 7.50. The number of aryl methyl sites for hydroxylation is 2. The van der Waals surface area contributed by atoms with Crippen LogP contribution in [-0.4, -0.2) is 36.3 Å². The highest BCUT2D eigenvalue weighted by molar-refractivity contribution is 7.18. The average Bonchev–Trinajstić information content (AvgIpc) is 3.38. The molecular weight excluding hydrogens is 394 g/mol. The van der Waals surface area contributed by atoms with Crippen LogP contribution in [0.3, 0.4) is 0 Å². The molecule has 2 aromatic heterocycles. The number of hydrogen-bond donors (Lipinski definition) is 1. The van der Waals surface area contributed by atoms with E-state index in [0.717, 1.165) is 61.7 Å². The summed E-state index contributed by atoms with van der Waals surface area (Å²) in [6.45, 7) is 4.63. The minimum absolute atomic E-state index is 0.702. The molecule has 0 atom stereocenters. The summed E-state index contributed by atoms with van der Waals surface area (Å²) < 4.78 is 12.1. The number of hydrogen-bond acceptors (Lipinski definition) is 5. The molecule has 0 bridgehead atoms. The Kier molecular flexibility index (Phi) is 4.63. The maximum atomic E-state index is 6.57. The van der Waals surface area contributed by atoms with E-state index in [-0.39, 0.29) is 0 Å². The Hall–Kier alpha value is -2.54. The van der Waals surface area contributed by atoms with Crippen molar-refractivity contribution in [2.24, 2.45) is 0 Å². The van der Waals surface area contributed by atoms with Gasteiger partial charge in [-0.2, -0.15) is 0 Å². The summed E-state index contributed by atoms with van der Waals surface area (Å²) in [6.07, 6.45) is 5.10. The van der Waals surface area contributed by atoms with Gasteiger partial charge in [0.05, 0.1) is 24.2 Å². The molecule has 152 valence electrons. The first-order valence-corrected chi connectivity index (χ1v) is 11.5. The number of quaternary nitrogens is 1. The first kappa shape index (κ1) is 18.2. The highest BCUT2D eigenvalue weighted by Crippen LogP contribution is 2.41. The van der Waals surface area contributed by atoms with Crippen LogP contribution in [0.2, 0.25) is 0 Å². The molecule has 3 heterocycles. The van der Waals surface area contributed by atoms with E-state index in [1.54, 1.807) is 17.7 Å². The molecule has 0 spiro atoms. The second kappa shape index (κ2) is 7.61. The molecule has 4 aromatic rings. The fourth-order valence-electron chi connectivity index (χ4n) is 4.76. The lowest BCUT2D eigenvalue weighted by atomic mass is 10.0. The number of nitrogens with one attached hydrogen (secondary N) is 1. The number of ether oxygens (including phenoxy) is 2. The lowest BCUT2D eigenvalue weighted by Gasteiger charge is -2.25. The predicted molar refractivity (Wildman–Crippen MR) is 119 cm³/mol. The van der Waals surface area contributed by atoms with Crippen LogP contribution in [0.1, 0.15) is 22.4 Å².